The molecular weight excluding hydrogens is 328 g/mol. The van der Waals surface area contributed by atoms with Crippen LogP contribution in [0.1, 0.15) is 22.3 Å². The number of methoxy groups -OCH3 is 1. The predicted octanol–water partition coefficient (Wildman–Crippen LogP) is 2.43. The lowest BCUT2D eigenvalue weighted by molar-refractivity contribution is -0.385. The molecule has 1 amide bonds. The van der Waals surface area contributed by atoms with Crippen molar-refractivity contribution in [2.75, 3.05) is 20.3 Å². The third-order valence-corrected chi connectivity index (χ3v) is 3.41. The summed E-state index contributed by atoms with van der Waals surface area (Å²) in [4.78, 5) is 22.5. The van der Waals surface area contributed by atoms with Gasteiger partial charge in [0.2, 0.25) is 0 Å². The quantitative estimate of drug-likeness (QED) is 0.468. The molecule has 1 rings (SSSR count). The van der Waals surface area contributed by atoms with E-state index in [1.807, 2.05) is 0 Å². The number of amides is 1. The molecule has 0 aliphatic carbocycles. The maximum Gasteiger partial charge on any atom is 0.282 e. The second-order valence-electron chi connectivity index (χ2n) is 4.37. The lowest BCUT2D eigenvalue weighted by Crippen LogP contribution is -2.27. The molecule has 0 saturated heterocycles. The van der Waals surface area contributed by atoms with Crippen LogP contribution < -0.4 is 5.32 Å². The molecule has 20 heavy (non-hydrogen) atoms. The highest BCUT2D eigenvalue weighted by atomic mass is 79.9. The summed E-state index contributed by atoms with van der Waals surface area (Å²) in [5.41, 5.74) is 0.715. The molecule has 0 fully saturated rings. The summed E-state index contributed by atoms with van der Waals surface area (Å²) in [6, 6.07) is 4.48. The summed E-state index contributed by atoms with van der Waals surface area (Å²) in [6.07, 6.45) is 0.680. The third kappa shape index (κ3) is 4.90. The minimum absolute atomic E-state index is 0.0906. The first-order chi connectivity index (χ1) is 9.45. The number of nitro groups is 1. The van der Waals surface area contributed by atoms with Crippen molar-refractivity contribution in [1.29, 1.82) is 0 Å². The Morgan fingerprint density at radius 2 is 2.25 bits per heavy atom. The van der Waals surface area contributed by atoms with E-state index in [-0.39, 0.29) is 16.1 Å². The van der Waals surface area contributed by atoms with Gasteiger partial charge in [0.15, 0.2) is 0 Å². The van der Waals surface area contributed by atoms with E-state index in [2.05, 4.69) is 21.2 Å². The number of nitrogens with zero attached hydrogens (tertiary/aromatic N) is 1. The van der Waals surface area contributed by atoms with Gasteiger partial charge in [-0.05, 0) is 25.0 Å². The normalized spacial score (nSPS) is 11.9. The van der Waals surface area contributed by atoms with Gasteiger partial charge in [-0.3, -0.25) is 14.9 Å². The van der Waals surface area contributed by atoms with Gasteiger partial charge in [0.05, 0.1) is 11.5 Å². The van der Waals surface area contributed by atoms with Crippen molar-refractivity contribution in [3.63, 3.8) is 0 Å². The molecule has 0 aliphatic rings. The van der Waals surface area contributed by atoms with E-state index in [1.165, 1.54) is 12.1 Å². The van der Waals surface area contributed by atoms with Gasteiger partial charge in [-0.15, -0.1) is 0 Å². The molecule has 0 spiro atoms. The van der Waals surface area contributed by atoms with Crippen LogP contribution >= 0.6 is 15.9 Å². The zero-order chi connectivity index (χ0) is 15.1. The number of halogens is 1. The Morgan fingerprint density at radius 1 is 1.55 bits per heavy atom. The summed E-state index contributed by atoms with van der Waals surface area (Å²) in [5.74, 6) is -0.433. The van der Waals surface area contributed by atoms with E-state index < -0.39 is 10.8 Å². The first-order valence-corrected chi connectivity index (χ1v) is 7.03. The maximum atomic E-state index is 12.0. The third-order valence-electron chi connectivity index (χ3n) is 2.68. The number of ether oxygens (including phenoxy) is 1. The van der Waals surface area contributed by atoms with Crippen molar-refractivity contribution in [2.24, 2.45) is 0 Å². The average molecular weight is 345 g/mol. The van der Waals surface area contributed by atoms with Gasteiger partial charge in [-0.25, -0.2) is 0 Å². The van der Waals surface area contributed by atoms with Crippen LogP contribution in [0.2, 0.25) is 0 Å². The fourth-order valence-electron chi connectivity index (χ4n) is 1.69. The van der Waals surface area contributed by atoms with E-state index in [0.29, 0.717) is 19.6 Å². The van der Waals surface area contributed by atoms with Crippen LogP contribution in [0.15, 0.2) is 18.2 Å². The average Bonchev–Trinajstić information content (AvgIpc) is 2.38. The zero-order valence-corrected chi connectivity index (χ0v) is 13.0. The Bertz CT molecular complexity index is 493. The summed E-state index contributed by atoms with van der Waals surface area (Å²) < 4.78 is 4.96. The van der Waals surface area contributed by atoms with E-state index in [1.54, 1.807) is 20.1 Å². The predicted molar refractivity (Wildman–Crippen MR) is 79.4 cm³/mol. The number of hydrogen-bond donors (Lipinski definition) is 1. The lowest BCUT2D eigenvalue weighted by Gasteiger charge is -2.10. The van der Waals surface area contributed by atoms with Crippen molar-refractivity contribution in [3.05, 3.63) is 39.4 Å². The number of aryl methyl sites for hydroxylation is 1. The van der Waals surface area contributed by atoms with Gasteiger partial charge < -0.3 is 10.1 Å². The Hall–Kier alpha value is -1.47. The number of rotatable bonds is 7. The number of alkyl halides is 1. The molecule has 1 aromatic rings. The van der Waals surface area contributed by atoms with Crippen LogP contribution in [0.5, 0.6) is 0 Å². The molecule has 0 heterocycles. The maximum absolute atomic E-state index is 12.0. The highest BCUT2D eigenvalue weighted by molar-refractivity contribution is 9.09. The number of nitrogens with one attached hydrogen (secondary N) is 1. The molecule has 1 unspecified atom stereocenters. The molecule has 0 radical (unpaired) electrons. The minimum atomic E-state index is -0.549. The molecule has 1 atom stereocenters. The van der Waals surface area contributed by atoms with Crippen LogP contribution in [0.25, 0.3) is 0 Å². The highest BCUT2D eigenvalue weighted by Gasteiger charge is 2.19. The molecular formula is C13H17BrN2O4. The SMILES string of the molecule is COCC(Br)CCNC(=O)c1cc(C)ccc1[N+](=O)[O-]. The molecule has 0 bridgehead atoms. The van der Waals surface area contributed by atoms with E-state index in [9.17, 15) is 14.9 Å². The largest absolute Gasteiger partial charge is 0.384 e. The fraction of sp³-hybridized carbons (Fsp3) is 0.462. The van der Waals surface area contributed by atoms with Crippen LogP contribution in [0.3, 0.4) is 0 Å². The lowest BCUT2D eigenvalue weighted by atomic mass is 10.1. The van der Waals surface area contributed by atoms with Crippen molar-refractivity contribution < 1.29 is 14.5 Å². The first-order valence-electron chi connectivity index (χ1n) is 6.12. The van der Waals surface area contributed by atoms with Crippen molar-refractivity contribution in [1.82, 2.24) is 5.32 Å². The number of hydrogen-bond acceptors (Lipinski definition) is 4. The topological polar surface area (TPSA) is 81.5 Å². The van der Waals surface area contributed by atoms with Gasteiger partial charge in [0.1, 0.15) is 5.56 Å². The number of carbonyl (C=O) groups excluding carboxylic acids is 1. The smallest absolute Gasteiger partial charge is 0.282 e. The number of carbonyl (C=O) groups is 1. The van der Waals surface area contributed by atoms with E-state index in [0.717, 1.165) is 5.56 Å². The van der Waals surface area contributed by atoms with Gasteiger partial charge >= 0.3 is 0 Å². The highest BCUT2D eigenvalue weighted by Crippen LogP contribution is 2.19. The summed E-state index contributed by atoms with van der Waals surface area (Å²) in [7, 11) is 1.60. The van der Waals surface area contributed by atoms with Crippen LogP contribution in [0.4, 0.5) is 5.69 Å². The zero-order valence-electron chi connectivity index (χ0n) is 11.4. The standard InChI is InChI=1S/C13H17BrN2O4/c1-9-3-4-12(16(18)19)11(7-9)13(17)15-6-5-10(14)8-20-2/h3-4,7,10H,5-6,8H2,1-2H3,(H,15,17). The Kier molecular flexibility index (Phi) is 6.60. The molecule has 110 valence electrons. The molecule has 0 saturated carbocycles. The Balaban J connectivity index is 2.68. The second kappa shape index (κ2) is 7.96. The number of benzene rings is 1. The summed E-state index contributed by atoms with van der Waals surface area (Å²) in [6.45, 7) is 2.75. The van der Waals surface area contributed by atoms with Crippen LogP contribution in [-0.4, -0.2) is 35.9 Å². The van der Waals surface area contributed by atoms with Crippen molar-refractivity contribution in [2.45, 2.75) is 18.2 Å². The fourth-order valence-corrected chi connectivity index (χ4v) is 2.19. The summed E-state index contributed by atoms with van der Waals surface area (Å²) >= 11 is 3.41. The Morgan fingerprint density at radius 3 is 2.85 bits per heavy atom. The van der Waals surface area contributed by atoms with Gasteiger partial charge in [0.25, 0.3) is 11.6 Å². The number of nitro benzene ring substituents is 1. The van der Waals surface area contributed by atoms with E-state index >= 15 is 0 Å². The van der Waals surface area contributed by atoms with Crippen molar-refractivity contribution in [3.8, 4) is 0 Å². The molecule has 0 aliphatic heterocycles. The minimum Gasteiger partial charge on any atom is -0.384 e. The van der Waals surface area contributed by atoms with E-state index in [4.69, 9.17) is 4.74 Å². The van der Waals surface area contributed by atoms with Gasteiger partial charge in [-0.1, -0.05) is 22.0 Å². The second-order valence-corrected chi connectivity index (χ2v) is 5.67. The molecule has 0 aromatic heterocycles. The monoisotopic (exact) mass is 344 g/mol. The van der Waals surface area contributed by atoms with Crippen molar-refractivity contribution >= 4 is 27.5 Å². The Labute approximate surface area is 125 Å². The molecule has 6 nitrogen and oxygen atoms in total. The first kappa shape index (κ1) is 16.6. The molecule has 7 heteroatoms. The van der Waals surface area contributed by atoms with Gasteiger partial charge in [-0.2, -0.15) is 0 Å². The molecule has 1 N–H and O–H groups in total. The van der Waals surface area contributed by atoms with Crippen LogP contribution in [-0.2, 0) is 4.74 Å². The van der Waals surface area contributed by atoms with Gasteiger partial charge in [0, 0.05) is 24.5 Å². The van der Waals surface area contributed by atoms with Crippen LogP contribution in [0, 0.1) is 17.0 Å². The molecule has 1 aromatic carbocycles. The summed E-state index contributed by atoms with van der Waals surface area (Å²) in [5, 5.41) is 13.6.